The number of anilines is 1. The molecule has 4 nitrogen and oxygen atoms in total. The van der Waals surface area contributed by atoms with Gasteiger partial charge >= 0.3 is 0 Å². The van der Waals surface area contributed by atoms with Crippen LogP contribution >= 0.6 is 15.9 Å². The lowest BCUT2D eigenvalue weighted by Crippen LogP contribution is -1.90. The van der Waals surface area contributed by atoms with E-state index >= 15 is 0 Å². The van der Waals surface area contributed by atoms with Crippen molar-refractivity contribution in [2.75, 3.05) is 5.73 Å². The Bertz CT molecular complexity index is 447. The number of halogens is 1. The highest BCUT2D eigenvalue weighted by atomic mass is 79.9. The predicted octanol–water partition coefficient (Wildman–Crippen LogP) is 2.58. The molecule has 74 valence electrons. The van der Waals surface area contributed by atoms with Gasteiger partial charge in [-0.05, 0) is 34.5 Å². The lowest BCUT2D eigenvalue weighted by molar-refractivity contribution is 0.553. The summed E-state index contributed by atoms with van der Waals surface area (Å²) in [6, 6.07) is 3.71. The number of aromatic amines is 1. The van der Waals surface area contributed by atoms with Gasteiger partial charge in [0.1, 0.15) is 11.5 Å². The SMILES string of the molecule is CCc1c(N)n[nH]c1-c1ccc(Br)o1. The van der Waals surface area contributed by atoms with Gasteiger partial charge in [0.25, 0.3) is 0 Å². The smallest absolute Gasteiger partial charge is 0.169 e. The summed E-state index contributed by atoms with van der Waals surface area (Å²) < 4.78 is 6.11. The normalized spacial score (nSPS) is 10.7. The predicted molar refractivity (Wildman–Crippen MR) is 57.8 cm³/mol. The highest BCUT2D eigenvalue weighted by molar-refractivity contribution is 9.10. The van der Waals surface area contributed by atoms with Crippen LogP contribution in [0.1, 0.15) is 12.5 Å². The molecule has 2 aromatic rings. The maximum Gasteiger partial charge on any atom is 0.169 e. The third kappa shape index (κ3) is 1.43. The van der Waals surface area contributed by atoms with Gasteiger partial charge in [0.05, 0.1) is 0 Å². The Morgan fingerprint density at radius 3 is 2.93 bits per heavy atom. The van der Waals surface area contributed by atoms with Crippen LogP contribution < -0.4 is 5.73 Å². The van der Waals surface area contributed by atoms with Crippen LogP contribution in [0.4, 0.5) is 5.82 Å². The van der Waals surface area contributed by atoms with Gasteiger partial charge in [-0.3, -0.25) is 5.10 Å². The molecule has 0 aliphatic rings. The van der Waals surface area contributed by atoms with E-state index in [2.05, 4.69) is 26.1 Å². The molecule has 0 bridgehead atoms. The van der Waals surface area contributed by atoms with Crippen LogP contribution in [0.5, 0.6) is 0 Å². The van der Waals surface area contributed by atoms with Crippen LogP contribution in [0.2, 0.25) is 0 Å². The Morgan fingerprint density at radius 2 is 2.36 bits per heavy atom. The molecular weight excluding hydrogens is 246 g/mol. The minimum absolute atomic E-state index is 0.537. The standard InChI is InChI=1S/C9H10BrN3O/c1-2-5-8(12-13-9(5)11)6-3-4-7(10)14-6/h3-4H,2H2,1H3,(H3,11,12,13). The van der Waals surface area contributed by atoms with E-state index in [1.807, 2.05) is 19.1 Å². The van der Waals surface area contributed by atoms with E-state index in [1.165, 1.54) is 0 Å². The molecule has 0 saturated heterocycles. The van der Waals surface area contributed by atoms with Crippen LogP contribution in [-0.4, -0.2) is 10.2 Å². The number of hydrogen-bond acceptors (Lipinski definition) is 3. The zero-order chi connectivity index (χ0) is 10.1. The monoisotopic (exact) mass is 255 g/mol. The van der Waals surface area contributed by atoms with E-state index in [1.54, 1.807) is 0 Å². The Hall–Kier alpha value is -1.23. The first-order valence-corrected chi connectivity index (χ1v) is 5.10. The molecule has 2 aromatic heterocycles. The van der Waals surface area contributed by atoms with Crippen molar-refractivity contribution < 1.29 is 4.42 Å². The Labute approximate surface area is 89.6 Å². The van der Waals surface area contributed by atoms with Crippen molar-refractivity contribution in [2.24, 2.45) is 0 Å². The Morgan fingerprint density at radius 1 is 1.57 bits per heavy atom. The van der Waals surface area contributed by atoms with Crippen molar-refractivity contribution in [2.45, 2.75) is 13.3 Å². The fraction of sp³-hybridized carbons (Fsp3) is 0.222. The average Bonchev–Trinajstić information content (AvgIpc) is 2.71. The quantitative estimate of drug-likeness (QED) is 0.867. The summed E-state index contributed by atoms with van der Waals surface area (Å²) in [7, 11) is 0. The van der Waals surface area contributed by atoms with Gasteiger partial charge in [-0.1, -0.05) is 6.92 Å². The molecule has 2 rings (SSSR count). The molecular formula is C9H10BrN3O. The second-order valence-corrected chi connectivity index (χ2v) is 3.70. The van der Waals surface area contributed by atoms with Gasteiger partial charge in [-0.2, -0.15) is 5.10 Å². The number of H-pyrrole nitrogens is 1. The van der Waals surface area contributed by atoms with Crippen molar-refractivity contribution in [3.8, 4) is 11.5 Å². The molecule has 0 aliphatic carbocycles. The number of nitrogens with zero attached hydrogens (tertiary/aromatic N) is 1. The first-order valence-electron chi connectivity index (χ1n) is 4.30. The third-order valence-electron chi connectivity index (χ3n) is 2.07. The second-order valence-electron chi connectivity index (χ2n) is 2.92. The highest BCUT2D eigenvalue weighted by Gasteiger charge is 2.13. The van der Waals surface area contributed by atoms with E-state index in [0.29, 0.717) is 10.5 Å². The largest absolute Gasteiger partial charge is 0.448 e. The maximum absolute atomic E-state index is 5.70. The fourth-order valence-electron chi connectivity index (χ4n) is 1.39. The van der Waals surface area contributed by atoms with Gasteiger partial charge < -0.3 is 10.2 Å². The van der Waals surface area contributed by atoms with Crippen LogP contribution in [-0.2, 0) is 6.42 Å². The van der Waals surface area contributed by atoms with Gasteiger partial charge in [0.15, 0.2) is 10.4 Å². The van der Waals surface area contributed by atoms with Crippen molar-refractivity contribution in [1.29, 1.82) is 0 Å². The molecule has 2 heterocycles. The molecule has 0 fully saturated rings. The fourth-order valence-corrected chi connectivity index (χ4v) is 1.70. The summed E-state index contributed by atoms with van der Waals surface area (Å²) in [6.07, 6.45) is 0.829. The minimum atomic E-state index is 0.537. The zero-order valence-corrected chi connectivity index (χ0v) is 9.26. The molecule has 14 heavy (non-hydrogen) atoms. The number of hydrogen-bond donors (Lipinski definition) is 2. The van der Waals surface area contributed by atoms with Crippen molar-refractivity contribution >= 4 is 21.7 Å². The van der Waals surface area contributed by atoms with Gasteiger partial charge in [0, 0.05) is 5.56 Å². The summed E-state index contributed by atoms with van der Waals surface area (Å²) in [4.78, 5) is 0. The zero-order valence-electron chi connectivity index (χ0n) is 7.67. The van der Waals surface area contributed by atoms with E-state index in [4.69, 9.17) is 10.2 Å². The van der Waals surface area contributed by atoms with E-state index in [9.17, 15) is 0 Å². The molecule has 0 unspecified atom stereocenters. The van der Waals surface area contributed by atoms with Crippen LogP contribution in [0, 0.1) is 0 Å². The molecule has 0 saturated carbocycles. The number of nitrogens with one attached hydrogen (secondary N) is 1. The first-order chi connectivity index (χ1) is 6.72. The molecule has 0 aromatic carbocycles. The first kappa shape index (κ1) is 9.33. The molecule has 0 radical (unpaired) electrons. The van der Waals surface area contributed by atoms with Gasteiger partial charge in [-0.25, -0.2) is 0 Å². The topological polar surface area (TPSA) is 67.8 Å². The maximum atomic E-state index is 5.70. The third-order valence-corrected chi connectivity index (χ3v) is 2.50. The van der Waals surface area contributed by atoms with Crippen LogP contribution in [0.25, 0.3) is 11.5 Å². The lowest BCUT2D eigenvalue weighted by atomic mass is 10.1. The number of aromatic nitrogens is 2. The summed E-state index contributed by atoms with van der Waals surface area (Å²) in [6.45, 7) is 2.03. The number of furan rings is 1. The van der Waals surface area contributed by atoms with Crippen LogP contribution in [0.15, 0.2) is 21.2 Å². The molecule has 0 atom stereocenters. The molecule has 0 amide bonds. The number of nitrogens with two attached hydrogens (primary N) is 1. The average molecular weight is 256 g/mol. The molecule has 0 aliphatic heterocycles. The second kappa shape index (κ2) is 3.49. The van der Waals surface area contributed by atoms with Crippen molar-refractivity contribution in [1.82, 2.24) is 10.2 Å². The van der Waals surface area contributed by atoms with Crippen molar-refractivity contribution in [3.05, 3.63) is 22.4 Å². The molecule has 0 spiro atoms. The number of nitrogen functional groups attached to an aromatic ring is 1. The molecule has 5 heteroatoms. The van der Waals surface area contributed by atoms with E-state index < -0.39 is 0 Å². The van der Waals surface area contributed by atoms with Crippen molar-refractivity contribution in [3.63, 3.8) is 0 Å². The number of rotatable bonds is 2. The minimum Gasteiger partial charge on any atom is -0.448 e. The summed E-state index contributed by atoms with van der Waals surface area (Å²) in [5.41, 5.74) is 7.55. The van der Waals surface area contributed by atoms with E-state index in [0.717, 1.165) is 23.4 Å². The summed E-state index contributed by atoms with van der Waals surface area (Å²) in [5, 5.41) is 6.82. The summed E-state index contributed by atoms with van der Waals surface area (Å²) in [5.74, 6) is 1.29. The molecule has 3 N–H and O–H groups in total. The van der Waals surface area contributed by atoms with E-state index in [-0.39, 0.29) is 0 Å². The highest BCUT2D eigenvalue weighted by Crippen LogP contribution is 2.28. The lowest BCUT2D eigenvalue weighted by Gasteiger charge is -1.96. The van der Waals surface area contributed by atoms with Gasteiger partial charge in [0.2, 0.25) is 0 Å². The van der Waals surface area contributed by atoms with Gasteiger partial charge in [-0.15, -0.1) is 0 Å². The summed E-state index contributed by atoms with van der Waals surface area (Å²) >= 11 is 3.25. The Kier molecular flexibility index (Phi) is 2.33. The Balaban J connectivity index is 2.51. The van der Waals surface area contributed by atoms with Crippen LogP contribution in [0.3, 0.4) is 0 Å².